The summed E-state index contributed by atoms with van der Waals surface area (Å²) in [4.78, 5) is 2.78. The molecule has 0 saturated heterocycles. The Morgan fingerprint density at radius 1 is 1.20 bits per heavy atom. The van der Waals surface area contributed by atoms with Crippen LogP contribution >= 0.6 is 11.6 Å². The summed E-state index contributed by atoms with van der Waals surface area (Å²) in [5.74, 6) is -0.837. The van der Waals surface area contributed by atoms with Gasteiger partial charge in [0.2, 0.25) is 10.0 Å². The molecular weight excluding hydrogens is 445 g/mol. The number of aromatic amines is 1. The van der Waals surface area contributed by atoms with Crippen LogP contribution in [0.5, 0.6) is 11.5 Å². The molecule has 0 atom stereocenters. The van der Waals surface area contributed by atoms with Gasteiger partial charge in [-0.15, -0.1) is 8.78 Å². The van der Waals surface area contributed by atoms with Gasteiger partial charge in [0.15, 0.2) is 0 Å². The first-order valence-corrected chi connectivity index (χ1v) is 10.6. The Kier molecular flexibility index (Phi) is 6.21. The van der Waals surface area contributed by atoms with Gasteiger partial charge in [-0.3, -0.25) is 0 Å². The number of benzene rings is 2. The fourth-order valence-corrected chi connectivity index (χ4v) is 4.43. The van der Waals surface area contributed by atoms with Crippen LogP contribution in [0, 0.1) is 12.7 Å². The molecule has 162 valence electrons. The van der Waals surface area contributed by atoms with Gasteiger partial charge in [-0.1, -0.05) is 0 Å². The van der Waals surface area contributed by atoms with E-state index in [-0.39, 0.29) is 29.4 Å². The molecule has 2 aromatic carbocycles. The van der Waals surface area contributed by atoms with Gasteiger partial charge in [0.25, 0.3) is 0 Å². The van der Waals surface area contributed by atoms with E-state index in [9.17, 15) is 21.6 Å². The van der Waals surface area contributed by atoms with Crippen molar-refractivity contribution >= 4 is 32.5 Å². The highest BCUT2D eigenvalue weighted by Crippen LogP contribution is 2.31. The van der Waals surface area contributed by atoms with Crippen molar-refractivity contribution in [2.75, 3.05) is 13.7 Å². The minimum Gasteiger partial charge on any atom is -0.495 e. The van der Waals surface area contributed by atoms with Crippen LogP contribution in [-0.4, -0.2) is 32.6 Å². The highest BCUT2D eigenvalue weighted by molar-refractivity contribution is 7.89. The van der Waals surface area contributed by atoms with Crippen molar-refractivity contribution in [1.29, 1.82) is 0 Å². The number of hydrogen-bond acceptors (Lipinski definition) is 4. The van der Waals surface area contributed by atoms with E-state index in [4.69, 9.17) is 16.3 Å². The number of alkyl halides is 3. The normalized spacial score (nSPS) is 12.3. The fraction of sp³-hybridized carbons (Fsp3) is 0.263. The molecule has 11 heteroatoms. The molecule has 6 nitrogen and oxygen atoms in total. The maximum atomic E-state index is 13.5. The average molecular weight is 463 g/mol. The largest absolute Gasteiger partial charge is 0.495 e. The number of aromatic nitrogens is 1. The van der Waals surface area contributed by atoms with Gasteiger partial charge < -0.3 is 14.5 Å². The molecule has 0 amide bonds. The van der Waals surface area contributed by atoms with E-state index in [1.807, 2.05) is 0 Å². The smallest absolute Gasteiger partial charge is 0.487 e. The third-order valence-electron chi connectivity index (χ3n) is 4.41. The van der Waals surface area contributed by atoms with E-state index in [1.165, 1.54) is 25.3 Å². The van der Waals surface area contributed by atoms with Crippen LogP contribution in [0.2, 0.25) is 0 Å². The second-order valence-corrected chi connectivity index (χ2v) is 8.60. The zero-order valence-electron chi connectivity index (χ0n) is 15.9. The van der Waals surface area contributed by atoms with Crippen LogP contribution in [0.1, 0.15) is 11.3 Å². The molecule has 0 aliphatic heterocycles. The molecule has 0 saturated carbocycles. The molecule has 0 spiro atoms. The summed E-state index contributed by atoms with van der Waals surface area (Å²) in [7, 11) is -2.76. The molecule has 3 aromatic rings. The van der Waals surface area contributed by atoms with Crippen LogP contribution in [0.25, 0.3) is 10.9 Å². The first kappa shape index (κ1) is 22.3. The first-order valence-electron chi connectivity index (χ1n) is 8.70. The summed E-state index contributed by atoms with van der Waals surface area (Å²) in [6.07, 6.45) is 0.239. The number of halogens is 4. The maximum absolute atomic E-state index is 13.5. The molecule has 0 fully saturated rings. The molecule has 30 heavy (non-hydrogen) atoms. The molecule has 0 aliphatic carbocycles. The number of sulfonamides is 1. The number of nitrogens with one attached hydrogen (secondary N) is 2. The maximum Gasteiger partial charge on any atom is 0.487 e. The van der Waals surface area contributed by atoms with Crippen molar-refractivity contribution in [1.82, 2.24) is 9.71 Å². The van der Waals surface area contributed by atoms with Crippen molar-refractivity contribution in [2.24, 2.45) is 0 Å². The van der Waals surface area contributed by atoms with Crippen LogP contribution in [-0.2, 0) is 16.4 Å². The quantitative estimate of drug-likeness (QED) is 0.489. The van der Waals surface area contributed by atoms with Gasteiger partial charge >= 0.3 is 5.57 Å². The molecule has 0 bridgehead atoms. The minimum absolute atomic E-state index is 0.0102. The number of hydrogen-bond donors (Lipinski definition) is 2. The summed E-state index contributed by atoms with van der Waals surface area (Å²) in [6.45, 7) is 1.75. The van der Waals surface area contributed by atoms with Crippen LogP contribution in [0.15, 0.2) is 41.3 Å². The zero-order valence-corrected chi connectivity index (χ0v) is 17.5. The lowest BCUT2D eigenvalue weighted by molar-refractivity contribution is -0.0964. The highest BCUT2D eigenvalue weighted by atomic mass is 35.5. The average Bonchev–Trinajstić information content (AvgIpc) is 2.95. The second-order valence-electron chi connectivity index (χ2n) is 6.43. The lowest BCUT2D eigenvalue weighted by Crippen LogP contribution is -2.26. The molecular formula is C19H18ClF3N2O4S. The summed E-state index contributed by atoms with van der Waals surface area (Å²) in [5, 5.41) is 0.591. The Bertz CT molecular complexity index is 1180. The molecule has 1 heterocycles. The Balaban J connectivity index is 1.81. The van der Waals surface area contributed by atoms with Crippen molar-refractivity contribution in [3.05, 3.63) is 53.5 Å². The Labute approximate surface area is 176 Å². The van der Waals surface area contributed by atoms with Crippen LogP contribution in [0.4, 0.5) is 13.2 Å². The Morgan fingerprint density at radius 3 is 2.60 bits per heavy atom. The monoisotopic (exact) mass is 462 g/mol. The molecule has 0 aliphatic rings. The zero-order chi connectivity index (χ0) is 22.1. The van der Waals surface area contributed by atoms with E-state index < -0.39 is 21.4 Å². The molecule has 0 unspecified atom stereocenters. The van der Waals surface area contributed by atoms with Gasteiger partial charge in [-0.2, -0.15) is 0 Å². The lowest BCUT2D eigenvalue weighted by Gasteiger charge is -2.12. The Hall–Kier alpha value is -2.43. The van der Waals surface area contributed by atoms with Gasteiger partial charge in [0.1, 0.15) is 22.2 Å². The molecule has 2 N–H and O–H groups in total. The summed E-state index contributed by atoms with van der Waals surface area (Å²) >= 11 is 4.81. The SMILES string of the molecule is COc1ccc(F)cc1S(=O)(=O)NCCc1c(C)[nH]c2ccc(OC(F)(F)Cl)cc12. The summed E-state index contributed by atoms with van der Waals surface area (Å²) in [6, 6.07) is 7.49. The lowest BCUT2D eigenvalue weighted by atomic mass is 10.1. The Morgan fingerprint density at radius 2 is 1.93 bits per heavy atom. The second kappa shape index (κ2) is 8.37. The third kappa shape index (κ3) is 5.00. The molecule has 0 radical (unpaired) electrons. The van der Waals surface area contributed by atoms with Gasteiger partial charge in [0, 0.05) is 34.7 Å². The van der Waals surface area contributed by atoms with Gasteiger partial charge in [-0.05, 0) is 55.3 Å². The first-order chi connectivity index (χ1) is 14.0. The van der Waals surface area contributed by atoms with E-state index >= 15 is 0 Å². The number of H-pyrrole nitrogens is 1. The van der Waals surface area contributed by atoms with E-state index in [0.29, 0.717) is 16.5 Å². The highest BCUT2D eigenvalue weighted by Gasteiger charge is 2.28. The standard InChI is InChI=1S/C19H18ClF3N2O4S/c1-11-14(15-10-13(29-19(20,22)23)4-5-16(15)25-11)7-8-24-30(26,27)18-9-12(21)3-6-17(18)28-2/h3-6,9-10,24-25H,7-8H2,1-2H3. The van der Waals surface area contributed by atoms with Crippen molar-refractivity contribution in [3.8, 4) is 11.5 Å². The number of ether oxygens (including phenoxy) is 2. The van der Waals surface area contributed by atoms with Gasteiger partial charge in [-0.25, -0.2) is 17.5 Å². The predicted molar refractivity (Wildman–Crippen MR) is 106 cm³/mol. The number of fused-ring (bicyclic) bond motifs is 1. The third-order valence-corrected chi connectivity index (χ3v) is 5.97. The van der Waals surface area contributed by atoms with Crippen molar-refractivity contribution in [2.45, 2.75) is 23.8 Å². The van der Waals surface area contributed by atoms with Gasteiger partial charge in [0.05, 0.1) is 7.11 Å². The van der Waals surface area contributed by atoms with Crippen molar-refractivity contribution < 1.29 is 31.1 Å². The topological polar surface area (TPSA) is 80.4 Å². The minimum atomic E-state index is -4.04. The number of rotatable bonds is 8. The van der Waals surface area contributed by atoms with Crippen LogP contribution in [0.3, 0.4) is 0 Å². The number of methoxy groups -OCH3 is 1. The van der Waals surface area contributed by atoms with Crippen LogP contribution < -0.4 is 14.2 Å². The summed E-state index contributed by atoms with van der Waals surface area (Å²) < 4.78 is 76.3. The van der Waals surface area contributed by atoms with E-state index in [2.05, 4.69) is 14.4 Å². The molecule has 1 aromatic heterocycles. The van der Waals surface area contributed by atoms with E-state index in [1.54, 1.807) is 13.0 Å². The summed E-state index contributed by atoms with van der Waals surface area (Å²) in [5.41, 5.74) is -1.73. The molecule has 3 rings (SSSR count). The predicted octanol–water partition coefficient (Wildman–Crippen LogP) is 4.31. The van der Waals surface area contributed by atoms with E-state index in [0.717, 1.165) is 17.8 Å². The number of aryl methyl sites for hydroxylation is 1. The fourth-order valence-electron chi connectivity index (χ4n) is 3.13. The van der Waals surface area contributed by atoms with Crippen molar-refractivity contribution in [3.63, 3.8) is 0 Å².